The molecule has 2 aliphatic rings. The van der Waals surface area contributed by atoms with Crippen LogP contribution in [0.3, 0.4) is 0 Å². The normalized spacial score (nSPS) is 14.8. The summed E-state index contributed by atoms with van der Waals surface area (Å²) in [4.78, 5) is 5.01. The Labute approximate surface area is 461 Å². The van der Waals surface area contributed by atoms with Gasteiger partial charge in [0.05, 0.1) is 23.6 Å². The first-order valence-electron chi connectivity index (χ1n) is 29.6. The maximum Gasteiger partial charge on any atom is 0.135 e. The average Bonchev–Trinajstić information content (AvgIpc) is 4.40. The Morgan fingerprint density at radius 2 is 0.821 bits per heavy atom. The number of nitrogens with zero attached hydrogens (tertiary/aromatic N) is 2. The van der Waals surface area contributed by atoms with Crippen LogP contribution in [0.15, 0.2) is 199 Å². The fourth-order valence-corrected chi connectivity index (χ4v) is 13.4. The van der Waals surface area contributed by atoms with Crippen LogP contribution in [0.1, 0.15) is 138 Å². The van der Waals surface area contributed by atoms with Gasteiger partial charge in [0.1, 0.15) is 11.2 Å². The second kappa shape index (κ2) is 22.4. The van der Waals surface area contributed by atoms with E-state index < -0.39 is 0 Å². The molecule has 2 aliphatic heterocycles. The number of para-hydroxylation sites is 4. The van der Waals surface area contributed by atoms with Crippen LogP contribution < -0.4 is 9.80 Å². The number of unbranched alkanes of at least 4 members (excludes halogenated alkanes) is 10. The second-order valence-electron chi connectivity index (χ2n) is 22.3. The smallest absolute Gasteiger partial charge is 0.135 e. The van der Waals surface area contributed by atoms with Gasteiger partial charge in [0.2, 0.25) is 0 Å². The lowest BCUT2D eigenvalue weighted by Gasteiger charge is -2.30. The molecule has 78 heavy (non-hydrogen) atoms. The predicted octanol–water partition coefficient (Wildman–Crippen LogP) is 22.3. The molecular formula is C74H72N2O2. The fourth-order valence-electron chi connectivity index (χ4n) is 13.4. The van der Waals surface area contributed by atoms with Gasteiger partial charge in [-0.2, -0.15) is 0 Å². The van der Waals surface area contributed by atoms with E-state index in [0.717, 1.165) is 53.9 Å². The Morgan fingerprint density at radius 1 is 0.359 bits per heavy atom. The molecule has 2 atom stereocenters. The van der Waals surface area contributed by atoms with Crippen molar-refractivity contribution in [2.75, 3.05) is 9.80 Å². The number of hydrogen-bond donors (Lipinski definition) is 0. The molecule has 390 valence electrons. The summed E-state index contributed by atoms with van der Waals surface area (Å²) in [6.07, 6.45) is 20.0. The highest BCUT2D eigenvalue weighted by Crippen LogP contribution is 2.53. The zero-order chi connectivity index (χ0) is 52.4. The summed E-state index contributed by atoms with van der Waals surface area (Å²) in [5.41, 5.74) is 19.5. The predicted molar refractivity (Wildman–Crippen MR) is 330 cm³/mol. The zero-order valence-corrected chi connectivity index (χ0v) is 45.7. The van der Waals surface area contributed by atoms with Gasteiger partial charge in [0.15, 0.2) is 0 Å². The molecule has 11 aromatic rings. The summed E-state index contributed by atoms with van der Waals surface area (Å²) < 4.78 is 12.6. The minimum Gasteiger partial charge on any atom is -0.456 e. The van der Waals surface area contributed by atoms with E-state index in [1.807, 2.05) is 0 Å². The quantitative estimate of drug-likeness (QED) is 0.0500. The van der Waals surface area contributed by atoms with Gasteiger partial charge >= 0.3 is 0 Å². The highest BCUT2D eigenvalue weighted by Gasteiger charge is 2.38. The van der Waals surface area contributed by atoms with Crippen LogP contribution in [0, 0.1) is 0 Å². The standard InChI is InChI=1S/C74H72N2O2/c1-3-5-7-9-11-19-31-59-60(32-20-12-10-8-6-4-2)66-50-56(76(54-27-17-14-18-28-54)70-34-24-22-30-58(70)52-36-40-64-68(48-52)74-46-44-72(64)78-74)38-42-62(66)61-41-37-55(49-65(59)61)75(53-25-15-13-16-26-53)69-33-23-21-29-57(69)51-35-39-63-67(47-51)73-45-43-71(63)77-73/h13-18,21-30,33-43,45,47-50,72,74H,3-12,19-20,31-32,44,46H2,1-2H3. The van der Waals surface area contributed by atoms with Crippen LogP contribution in [-0.2, 0) is 17.6 Å². The lowest BCUT2D eigenvalue weighted by Crippen LogP contribution is -2.12. The molecule has 0 saturated carbocycles. The molecular weight excluding hydrogens is 949 g/mol. The molecule has 13 rings (SSSR count). The van der Waals surface area contributed by atoms with Crippen LogP contribution in [0.2, 0.25) is 0 Å². The molecule has 1 fully saturated rings. The Balaban J connectivity index is 0.986. The first kappa shape index (κ1) is 49.9. The van der Waals surface area contributed by atoms with Crippen LogP contribution in [0.4, 0.5) is 34.1 Å². The molecule has 0 N–H and O–H groups in total. The van der Waals surface area contributed by atoms with Crippen molar-refractivity contribution in [3.8, 4) is 22.3 Å². The largest absolute Gasteiger partial charge is 0.456 e. The lowest BCUT2D eigenvalue weighted by atomic mass is 9.86. The Bertz CT molecular complexity index is 3860. The first-order chi connectivity index (χ1) is 38.6. The van der Waals surface area contributed by atoms with Gasteiger partial charge in [-0.05, 0) is 184 Å². The first-order valence-corrected chi connectivity index (χ1v) is 29.6. The number of fused-ring (bicyclic) bond motifs is 13. The Hall–Kier alpha value is -7.66. The van der Waals surface area contributed by atoms with Gasteiger partial charge < -0.3 is 19.0 Å². The van der Waals surface area contributed by atoms with Crippen molar-refractivity contribution in [2.45, 2.75) is 129 Å². The van der Waals surface area contributed by atoms with E-state index in [-0.39, 0.29) is 12.2 Å². The van der Waals surface area contributed by atoms with E-state index in [1.54, 1.807) is 0 Å². The molecule has 0 aliphatic carbocycles. The highest BCUT2D eigenvalue weighted by molar-refractivity contribution is 6.13. The Kier molecular flexibility index (Phi) is 14.3. The third-order valence-corrected chi connectivity index (χ3v) is 17.3. The highest BCUT2D eigenvalue weighted by atomic mass is 16.5. The van der Waals surface area contributed by atoms with E-state index >= 15 is 0 Å². The number of ether oxygens (including phenoxy) is 1. The second-order valence-corrected chi connectivity index (χ2v) is 22.3. The van der Waals surface area contributed by atoms with Crippen LogP contribution in [0.25, 0.3) is 65.7 Å². The zero-order valence-electron chi connectivity index (χ0n) is 45.7. The molecule has 9 aromatic carbocycles. The fraction of sp³-hybridized carbons (Fsp3) is 0.270. The van der Waals surface area contributed by atoms with Crippen molar-refractivity contribution < 1.29 is 9.15 Å². The number of benzene rings is 10. The van der Waals surface area contributed by atoms with E-state index in [0.29, 0.717) is 0 Å². The molecule has 0 radical (unpaired) electrons. The van der Waals surface area contributed by atoms with Gasteiger partial charge in [0.25, 0.3) is 0 Å². The molecule has 1 saturated heterocycles. The molecule has 0 amide bonds. The summed E-state index contributed by atoms with van der Waals surface area (Å²) in [6.45, 7) is 4.64. The number of anilines is 6. The lowest BCUT2D eigenvalue weighted by molar-refractivity contribution is 0.0717. The summed E-state index contributed by atoms with van der Waals surface area (Å²) in [6, 6.07) is 72.9. The summed E-state index contributed by atoms with van der Waals surface area (Å²) in [7, 11) is 0. The monoisotopic (exact) mass is 1020 g/mol. The number of furan rings is 2. The molecule has 2 unspecified atom stereocenters. The average molecular weight is 1020 g/mol. The van der Waals surface area contributed by atoms with Crippen molar-refractivity contribution >= 4 is 77.6 Å². The molecule has 4 nitrogen and oxygen atoms in total. The number of hydrogen-bond acceptors (Lipinski definition) is 4. The molecule has 4 heteroatoms. The molecule has 2 aromatic heterocycles. The van der Waals surface area contributed by atoms with Gasteiger partial charge in [-0.25, -0.2) is 0 Å². The minimum absolute atomic E-state index is 0.207. The maximum atomic E-state index is 6.42. The number of rotatable bonds is 22. The third kappa shape index (κ3) is 9.53. The van der Waals surface area contributed by atoms with Gasteiger partial charge in [0, 0.05) is 44.6 Å². The van der Waals surface area contributed by atoms with E-state index in [4.69, 9.17) is 9.15 Å². The van der Waals surface area contributed by atoms with Crippen molar-refractivity contribution in [2.24, 2.45) is 0 Å². The van der Waals surface area contributed by atoms with Crippen LogP contribution in [0.5, 0.6) is 0 Å². The van der Waals surface area contributed by atoms with E-state index in [1.165, 1.54) is 171 Å². The topological polar surface area (TPSA) is 28.9 Å². The van der Waals surface area contributed by atoms with Crippen molar-refractivity contribution in [1.29, 1.82) is 0 Å². The Morgan fingerprint density at radius 3 is 1.38 bits per heavy atom. The summed E-state index contributed by atoms with van der Waals surface area (Å²) >= 11 is 0. The van der Waals surface area contributed by atoms with E-state index in [9.17, 15) is 0 Å². The van der Waals surface area contributed by atoms with Gasteiger partial charge in [-0.3, -0.25) is 0 Å². The third-order valence-electron chi connectivity index (χ3n) is 17.3. The van der Waals surface area contributed by atoms with Crippen LogP contribution in [-0.4, -0.2) is 0 Å². The molecule has 4 heterocycles. The van der Waals surface area contributed by atoms with Gasteiger partial charge in [-0.1, -0.05) is 181 Å². The maximum absolute atomic E-state index is 6.42. The summed E-state index contributed by atoms with van der Waals surface area (Å²) in [5.74, 6) is 0. The SMILES string of the molecule is CCCCCCCCc1c(CCCCCCCC)c2cc(N(c3ccccc3)c3ccccc3-c3ccc4c5ccc(o5)c4c3)ccc2c2ccc(N(c3ccccc3)c3ccccc3-c3ccc4c(c3)C3CCC4O3)cc12. The number of aryl methyl sites for hydroxylation is 2. The summed E-state index contributed by atoms with van der Waals surface area (Å²) in [5, 5.41) is 7.76. The van der Waals surface area contributed by atoms with E-state index in [2.05, 4.69) is 218 Å². The molecule has 4 bridgehead atoms. The van der Waals surface area contributed by atoms with Crippen LogP contribution >= 0.6 is 0 Å². The van der Waals surface area contributed by atoms with Gasteiger partial charge in [-0.15, -0.1) is 0 Å². The molecule has 0 spiro atoms. The van der Waals surface area contributed by atoms with Crippen molar-refractivity contribution in [3.63, 3.8) is 0 Å². The van der Waals surface area contributed by atoms with Crippen molar-refractivity contribution in [1.82, 2.24) is 0 Å². The van der Waals surface area contributed by atoms with Crippen molar-refractivity contribution in [3.05, 3.63) is 216 Å². The minimum atomic E-state index is 0.207.